The second kappa shape index (κ2) is 6.03. The van der Waals surface area contributed by atoms with E-state index in [1.54, 1.807) is 7.11 Å². The molecule has 96 valence electrons. The van der Waals surface area contributed by atoms with Crippen LogP contribution in [0.4, 0.5) is 5.82 Å². The molecule has 1 amide bonds. The summed E-state index contributed by atoms with van der Waals surface area (Å²) in [6.45, 7) is 0.766. The van der Waals surface area contributed by atoms with Crippen LogP contribution in [0.1, 0.15) is 0 Å². The number of carbonyl (C=O) groups excluding carboxylic acids is 1. The van der Waals surface area contributed by atoms with Crippen LogP contribution in [0.2, 0.25) is 0 Å². The maximum Gasteiger partial charge on any atom is 0.251 e. The monoisotopic (exact) mass is 251 g/mol. The van der Waals surface area contributed by atoms with Crippen LogP contribution in [0.3, 0.4) is 0 Å². The van der Waals surface area contributed by atoms with Crippen molar-refractivity contribution in [3.63, 3.8) is 0 Å². The second-order valence-electron chi connectivity index (χ2n) is 3.42. The molecule has 2 aromatic heterocycles. The molecule has 0 bridgehead atoms. The van der Waals surface area contributed by atoms with Crippen molar-refractivity contribution in [1.82, 2.24) is 19.9 Å². The highest BCUT2D eigenvalue weighted by Crippen LogP contribution is 2.13. The van der Waals surface area contributed by atoms with Crippen molar-refractivity contribution >= 4 is 22.9 Å². The molecule has 2 N–H and O–H groups in total. The Morgan fingerprint density at radius 3 is 3.11 bits per heavy atom. The molecule has 8 heteroatoms. The first-order chi connectivity index (χ1) is 8.81. The van der Waals surface area contributed by atoms with E-state index in [1.165, 1.54) is 12.7 Å². The highest BCUT2D eigenvalue weighted by atomic mass is 16.5. The molecule has 0 aliphatic carbocycles. The minimum absolute atomic E-state index is 0.0526. The van der Waals surface area contributed by atoms with Gasteiger partial charge in [0.2, 0.25) is 0 Å². The summed E-state index contributed by atoms with van der Waals surface area (Å²) < 4.78 is 9.89. The zero-order valence-electron chi connectivity index (χ0n) is 9.84. The van der Waals surface area contributed by atoms with Crippen LogP contribution in [0.5, 0.6) is 0 Å². The molecule has 0 radical (unpaired) electrons. The first kappa shape index (κ1) is 12.4. The number of nitrogens with zero attached hydrogens (tertiary/aromatic N) is 3. The molecule has 0 atom stereocenters. The van der Waals surface area contributed by atoms with E-state index >= 15 is 0 Å². The number of methoxy groups -OCH3 is 1. The van der Waals surface area contributed by atoms with Crippen LogP contribution in [0.15, 0.2) is 12.7 Å². The van der Waals surface area contributed by atoms with Crippen molar-refractivity contribution in [2.75, 3.05) is 32.2 Å². The van der Waals surface area contributed by atoms with Gasteiger partial charge in [0.25, 0.3) is 5.91 Å². The zero-order valence-corrected chi connectivity index (χ0v) is 9.84. The number of aromatic nitrogens is 4. The quantitative estimate of drug-likeness (QED) is 0.698. The normalized spacial score (nSPS) is 10.7. The van der Waals surface area contributed by atoms with Gasteiger partial charge in [-0.15, -0.1) is 0 Å². The molecule has 18 heavy (non-hydrogen) atoms. The van der Waals surface area contributed by atoms with Crippen LogP contribution < -0.4 is 5.32 Å². The Balaban J connectivity index is 1.92. The van der Waals surface area contributed by atoms with Crippen molar-refractivity contribution < 1.29 is 14.3 Å². The average Bonchev–Trinajstić information content (AvgIpc) is 2.84. The van der Waals surface area contributed by atoms with Gasteiger partial charge < -0.3 is 19.8 Å². The molecule has 0 aliphatic rings. The minimum Gasteiger partial charge on any atom is -0.382 e. The Morgan fingerprint density at radius 1 is 1.39 bits per heavy atom. The Bertz CT molecular complexity index is 527. The fourth-order valence-electron chi connectivity index (χ4n) is 1.34. The number of rotatable bonds is 6. The van der Waals surface area contributed by atoms with E-state index in [4.69, 9.17) is 9.47 Å². The number of carbonyl (C=O) groups is 1. The Morgan fingerprint density at radius 2 is 2.28 bits per heavy atom. The number of fused-ring (bicyclic) bond motifs is 1. The Labute approximate surface area is 103 Å². The van der Waals surface area contributed by atoms with Gasteiger partial charge in [-0.1, -0.05) is 0 Å². The van der Waals surface area contributed by atoms with Gasteiger partial charge in [0, 0.05) is 7.11 Å². The maximum absolute atomic E-state index is 11.6. The van der Waals surface area contributed by atoms with Crippen LogP contribution >= 0.6 is 0 Å². The van der Waals surface area contributed by atoms with Gasteiger partial charge in [-0.05, 0) is 0 Å². The number of hydrogen-bond acceptors (Lipinski definition) is 6. The van der Waals surface area contributed by atoms with Crippen LogP contribution in [-0.2, 0) is 14.3 Å². The summed E-state index contributed by atoms with van der Waals surface area (Å²) >= 11 is 0. The van der Waals surface area contributed by atoms with E-state index in [9.17, 15) is 4.79 Å². The number of H-pyrrole nitrogens is 1. The van der Waals surface area contributed by atoms with Crippen molar-refractivity contribution in [2.24, 2.45) is 0 Å². The fourth-order valence-corrected chi connectivity index (χ4v) is 1.34. The van der Waals surface area contributed by atoms with Crippen LogP contribution in [0.25, 0.3) is 11.2 Å². The average molecular weight is 251 g/mol. The predicted molar refractivity (Wildman–Crippen MR) is 63.0 cm³/mol. The Hall–Kier alpha value is -2.06. The maximum atomic E-state index is 11.6. The topological polar surface area (TPSA) is 102 Å². The number of anilines is 1. The number of imidazole rings is 1. The number of aromatic amines is 1. The van der Waals surface area contributed by atoms with E-state index in [0.717, 1.165) is 0 Å². The SMILES string of the molecule is COCCOCC(=O)Nc1ncnc2nc[nH]c12. The van der Waals surface area contributed by atoms with Gasteiger partial charge in [0.1, 0.15) is 18.5 Å². The highest BCUT2D eigenvalue weighted by Gasteiger charge is 2.09. The predicted octanol–water partition coefficient (Wildman–Crippen LogP) is -0.0456. The van der Waals surface area contributed by atoms with E-state index in [1.807, 2.05) is 0 Å². The summed E-state index contributed by atoms with van der Waals surface area (Å²) in [5.41, 5.74) is 1.09. The summed E-state index contributed by atoms with van der Waals surface area (Å²) in [5.74, 6) is 0.0959. The minimum atomic E-state index is -0.291. The molecule has 0 aliphatic heterocycles. The lowest BCUT2D eigenvalue weighted by Crippen LogP contribution is -2.20. The van der Waals surface area contributed by atoms with Crippen molar-refractivity contribution in [2.45, 2.75) is 0 Å². The van der Waals surface area contributed by atoms with Crippen LogP contribution in [0, 0.1) is 0 Å². The van der Waals surface area contributed by atoms with Gasteiger partial charge in [0.05, 0.1) is 19.5 Å². The summed E-state index contributed by atoms with van der Waals surface area (Å²) in [6.07, 6.45) is 2.83. The smallest absolute Gasteiger partial charge is 0.251 e. The molecular weight excluding hydrogens is 238 g/mol. The molecule has 2 heterocycles. The lowest BCUT2D eigenvalue weighted by atomic mass is 10.5. The first-order valence-corrected chi connectivity index (χ1v) is 5.32. The van der Waals surface area contributed by atoms with Gasteiger partial charge in [-0.3, -0.25) is 4.79 Å². The lowest BCUT2D eigenvalue weighted by molar-refractivity contribution is -0.121. The molecular formula is C10H13N5O3. The highest BCUT2D eigenvalue weighted by molar-refractivity contribution is 5.97. The first-order valence-electron chi connectivity index (χ1n) is 5.32. The van der Waals surface area contributed by atoms with E-state index in [-0.39, 0.29) is 12.5 Å². The number of nitrogens with one attached hydrogen (secondary N) is 2. The lowest BCUT2D eigenvalue weighted by Gasteiger charge is -2.05. The van der Waals surface area contributed by atoms with E-state index in [2.05, 4.69) is 25.3 Å². The number of ether oxygens (including phenoxy) is 2. The third kappa shape index (κ3) is 2.99. The van der Waals surface area contributed by atoms with Gasteiger partial charge >= 0.3 is 0 Å². The molecule has 0 fully saturated rings. The van der Waals surface area contributed by atoms with E-state index < -0.39 is 0 Å². The molecule has 0 spiro atoms. The molecule has 0 saturated heterocycles. The molecule has 0 saturated carbocycles. The van der Waals surface area contributed by atoms with Gasteiger partial charge in [-0.25, -0.2) is 15.0 Å². The Kier molecular flexibility index (Phi) is 4.15. The van der Waals surface area contributed by atoms with Crippen LogP contribution in [-0.4, -0.2) is 52.8 Å². The summed E-state index contributed by atoms with van der Waals surface area (Å²) in [6, 6.07) is 0. The molecule has 2 rings (SSSR count). The summed E-state index contributed by atoms with van der Waals surface area (Å²) in [4.78, 5) is 26.3. The van der Waals surface area contributed by atoms with Crippen molar-refractivity contribution in [3.8, 4) is 0 Å². The van der Waals surface area contributed by atoms with Crippen molar-refractivity contribution in [1.29, 1.82) is 0 Å². The van der Waals surface area contributed by atoms with Gasteiger partial charge in [0.15, 0.2) is 11.5 Å². The van der Waals surface area contributed by atoms with Crippen molar-refractivity contribution in [3.05, 3.63) is 12.7 Å². The summed E-state index contributed by atoms with van der Waals surface area (Å²) in [5, 5.41) is 2.62. The van der Waals surface area contributed by atoms with Gasteiger partial charge in [-0.2, -0.15) is 0 Å². The number of amides is 1. The largest absolute Gasteiger partial charge is 0.382 e. The van der Waals surface area contributed by atoms with E-state index in [0.29, 0.717) is 30.2 Å². The standard InChI is InChI=1S/C10H13N5O3/c1-17-2-3-18-4-7(16)15-10-8-9(12-5-11-8)13-6-14-10/h5-6H,2-4H2,1H3,(H2,11,12,13,14,15,16). The summed E-state index contributed by atoms with van der Waals surface area (Å²) in [7, 11) is 1.57. The molecule has 2 aromatic rings. The third-order valence-corrected chi connectivity index (χ3v) is 2.15. The molecule has 0 unspecified atom stereocenters. The molecule has 8 nitrogen and oxygen atoms in total. The molecule has 0 aromatic carbocycles. The number of hydrogen-bond donors (Lipinski definition) is 2. The fraction of sp³-hybridized carbons (Fsp3) is 0.400. The second-order valence-corrected chi connectivity index (χ2v) is 3.42. The zero-order chi connectivity index (χ0) is 12.8. The third-order valence-electron chi connectivity index (χ3n) is 2.15.